The number of aryl methyl sites for hydroxylation is 1. The molecular weight excluding hydrogens is 332 g/mol. The number of aromatic nitrogens is 4. The van der Waals surface area contributed by atoms with Gasteiger partial charge in [-0.25, -0.2) is 0 Å². The number of hydrogen-bond donors (Lipinski definition) is 1. The van der Waals surface area contributed by atoms with Gasteiger partial charge in [-0.2, -0.15) is 10.2 Å². The van der Waals surface area contributed by atoms with Gasteiger partial charge in [-0.05, 0) is 30.7 Å². The highest BCUT2D eigenvalue weighted by Gasteiger charge is 2.26. The van der Waals surface area contributed by atoms with Gasteiger partial charge in [-0.3, -0.25) is 19.1 Å². The highest BCUT2D eigenvalue weighted by Crippen LogP contribution is 2.24. The molecule has 136 valence electrons. The van der Waals surface area contributed by atoms with Gasteiger partial charge in [0.05, 0.1) is 24.5 Å². The molecule has 0 spiro atoms. The summed E-state index contributed by atoms with van der Waals surface area (Å²) < 4.78 is 9.13. The van der Waals surface area contributed by atoms with Crippen molar-refractivity contribution >= 4 is 5.91 Å². The van der Waals surface area contributed by atoms with E-state index in [9.17, 15) is 4.79 Å². The zero-order valence-electron chi connectivity index (χ0n) is 14.7. The number of carbonyl (C=O) groups excluding carboxylic acids is 1. The summed E-state index contributed by atoms with van der Waals surface area (Å²) in [5.74, 6) is 0.857. The second-order valence-corrected chi connectivity index (χ2v) is 6.55. The van der Waals surface area contributed by atoms with E-state index in [-0.39, 0.29) is 11.9 Å². The van der Waals surface area contributed by atoms with Crippen LogP contribution in [0.15, 0.2) is 47.3 Å². The molecule has 3 aromatic rings. The van der Waals surface area contributed by atoms with E-state index in [2.05, 4.69) is 31.2 Å². The minimum atomic E-state index is -0.103. The smallest absolute Gasteiger partial charge is 0.269 e. The monoisotopic (exact) mass is 354 g/mol. The Hall–Kier alpha value is -2.87. The fourth-order valence-electron chi connectivity index (χ4n) is 3.46. The summed E-state index contributed by atoms with van der Waals surface area (Å²) >= 11 is 0. The van der Waals surface area contributed by atoms with Crippen LogP contribution in [-0.4, -0.2) is 43.5 Å². The predicted molar refractivity (Wildman–Crippen MR) is 94.2 cm³/mol. The van der Waals surface area contributed by atoms with Crippen molar-refractivity contribution in [2.24, 2.45) is 7.05 Å². The van der Waals surface area contributed by atoms with Crippen molar-refractivity contribution in [1.82, 2.24) is 29.8 Å². The van der Waals surface area contributed by atoms with E-state index in [0.29, 0.717) is 12.2 Å². The summed E-state index contributed by atoms with van der Waals surface area (Å²) in [5.41, 5.74) is 1.75. The zero-order valence-corrected chi connectivity index (χ0v) is 14.7. The topological polar surface area (TPSA) is 81.1 Å². The van der Waals surface area contributed by atoms with E-state index in [4.69, 9.17) is 4.42 Å². The Morgan fingerprint density at radius 1 is 1.31 bits per heavy atom. The molecule has 4 rings (SSSR count). The van der Waals surface area contributed by atoms with Gasteiger partial charge in [0.15, 0.2) is 0 Å². The van der Waals surface area contributed by atoms with E-state index < -0.39 is 0 Å². The lowest BCUT2D eigenvalue weighted by Gasteiger charge is -2.33. The van der Waals surface area contributed by atoms with Gasteiger partial charge in [-0.1, -0.05) is 0 Å². The molecule has 1 aliphatic heterocycles. The number of carbonyl (C=O) groups is 1. The minimum Gasteiger partial charge on any atom is -0.468 e. The molecule has 0 aliphatic carbocycles. The van der Waals surface area contributed by atoms with Gasteiger partial charge in [0.25, 0.3) is 5.91 Å². The molecular formula is C18H22N6O2. The van der Waals surface area contributed by atoms with Crippen molar-refractivity contribution in [3.8, 4) is 0 Å². The Kier molecular flexibility index (Phi) is 4.57. The molecule has 0 aromatic carbocycles. The number of rotatable bonds is 6. The zero-order chi connectivity index (χ0) is 17.9. The summed E-state index contributed by atoms with van der Waals surface area (Å²) in [4.78, 5) is 14.6. The average Bonchev–Trinajstić information content (AvgIpc) is 3.36. The number of fused-ring (bicyclic) bond motifs is 1. The lowest BCUT2D eigenvalue weighted by Crippen LogP contribution is -2.39. The molecule has 1 atom stereocenters. The van der Waals surface area contributed by atoms with Crippen LogP contribution in [-0.2, 0) is 20.1 Å². The molecule has 4 heterocycles. The van der Waals surface area contributed by atoms with E-state index in [0.717, 1.165) is 31.8 Å². The first-order chi connectivity index (χ1) is 12.7. The quantitative estimate of drug-likeness (QED) is 0.727. The Balaban J connectivity index is 1.37. The van der Waals surface area contributed by atoms with Crippen molar-refractivity contribution in [1.29, 1.82) is 0 Å². The second kappa shape index (κ2) is 7.17. The van der Waals surface area contributed by atoms with Crippen LogP contribution in [0.1, 0.15) is 34.4 Å². The molecule has 1 amide bonds. The van der Waals surface area contributed by atoms with Gasteiger partial charge in [0.2, 0.25) is 0 Å². The second-order valence-electron chi connectivity index (χ2n) is 6.55. The molecule has 0 saturated heterocycles. The first-order valence-corrected chi connectivity index (χ1v) is 8.74. The van der Waals surface area contributed by atoms with Crippen LogP contribution in [0.2, 0.25) is 0 Å². The molecule has 1 aliphatic rings. The van der Waals surface area contributed by atoms with Crippen LogP contribution in [0.3, 0.4) is 0 Å². The van der Waals surface area contributed by atoms with Gasteiger partial charge < -0.3 is 9.73 Å². The van der Waals surface area contributed by atoms with Crippen LogP contribution in [0.5, 0.6) is 0 Å². The van der Waals surface area contributed by atoms with E-state index in [1.54, 1.807) is 30.3 Å². The first-order valence-electron chi connectivity index (χ1n) is 8.74. The van der Waals surface area contributed by atoms with Crippen LogP contribution in [0, 0.1) is 0 Å². The first kappa shape index (κ1) is 16.6. The van der Waals surface area contributed by atoms with Crippen molar-refractivity contribution in [3.63, 3.8) is 0 Å². The molecule has 26 heavy (non-hydrogen) atoms. The molecule has 0 radical (unpaired) electrons. The summed E-state index contributed by atoms with van der Waals surface area (Å²) in [7, 11) is 1.76. The normalized spacial score (nSPS) is 17.2. The molecule has 0 unspecified atom stereocenters. The maximum absolute atomic E-state index is 12.2. The lowest BCUT2D eigenvalue weighted by atomic mass is 10.1. The van der Waals surface area contributed by atoms with Crippen LogP contribution in [0.4, 0.5) is 0 Å². The molecule has 1 N–H and O–H groups in total. The average molecular weight is 354 g/mol. The van der Waals surface area contributed by atoms with Gasteiger partial charge in [0, 0.05) is 39.1 Å². The Morgan fingerprint density at radius 3 is 2.96 bits per heavy atom. The molecule has 3 aromatic heterocycles. The molecule has 0 bridgehead atoms. The van der Waals surface area contributed by atoms with Crippen molar-refractivity contribution in [2.45, 2.75) is 25.6 Å². The Morgan fingerprint density at radius 2 is 2.19 bits per heavy atom. The molecule has 8 heteroatoms. The third-order valence-electron chi connectivity index (χ3n) is 4.73. The van der Waals surface area contributed by atoms with Gasteiger partial charge in [0.1, 0.15) is 11.5 Å². The van der Waals surface area contributed by atoms with E-state index in [1.807, 2.05) is 18.3 Å². The fourth-order valence-corrected chi connectivity index (χ4v) is 3.46. The number of amides is 1. The van der Waals surface area contributed by atoms with E-state index in [1.165, 1.54) is 5.69 Å². The summed E-state index contributed by atoms with van der Waals surface area (Å²) in [6, 6.07) is 7.89. The van der Waals surface area contributed by atoms with Crippen LogP contribution < -0.4 is 5.32 Å². The Labute approximate surface area is 151 Å². The van der Waals surface area contributed by atoms with E-state index >= 15 is 0 Å². The summed E-state index contributed by atoms with van der Waals surface area (Å²) in [6.45, 7) is 3.08. The number of hydrogen-bond acceptors (Lipinski definition) is 5. The molecule has 8 nitrogen and oxygen atoms in total. The van der Waals surface area contributed by atoms with Crippen LogP contribution >= 0.6 is 0 Å². The minimum absolute atomic E-state index is 0.103. The van der Waals surface area contributed by atoms with Crippen molar-refractivity contribution in [2.75, 3.05) is 13.1 Å². The highest BCUT2D eigenvalue weighted by atomic mass is 16.3. The Bertz CT molecular complexity index is 866. The summed E-state index contributed by atoms with van der Waals surface area (Å²) in [5, 5.41) is 11.5. The van der Waals surface area contributed by atoms with Crippen LogP contribution in [0.25, 0.3) is 0 Å². The number of furan rings is 1. The largest absolute Gasteiger partial charge is 0.468 e. The predicted octanol–water partition coefficient (Wildman–Crippen LogP) is 1.59. The third kappa shape index (κ3) is 3.41. The van der Waals surface area contributed by atoms with Gasteiger partial charge in [-0.15, -0.1) is 0 Å². The maximum atomic E-state index is 12.2. The number of nitrogens with one attached hydrogen (secondary N) is 1. The van der Waals surface area contributed by atoms with Gasteiger partial charge >= 0.3 is 0 Å². The molecule has 0 saturated carbocycles. The van der Waals surface area contributed by atoms with Crippen molar-refractivity contribution in [3.05, 3.63) is 60.1 Å². The molecule has 0 fully saturated rings. The SMILES string of the molecule is Cn1nccc1C(=O)NCC[C@H]1CN(Cc2ccco2)Cc2ccnn21. The fraction of sp³-hybridized carbons (Fsp3) is 0.389. The maximum Gasteiger partial charge on any atom is 0.269 e. The lowest BCUT2D eigenvalue weighted by molar-refractivity contribution is 0.0937. The third-order valence-corrected chi connectivity index (χ3v) is 4.73. The van der Waals surface area contributed by atoms with Crippen molar-refractivity contribution < 1.29 is 9.21 Å². The summed E-state index contributed by atoms with van der Waals surface area (Å²) in [6.07, 6.45) is 5.98. The number of nitrogens with zero attached hydrogens (tertiary/aromatic N) is 5. The standard InChI is InChI=1S/C18H22N6O2/c1-22-17(6-9-20-22)18(25)19-7-4-14-11-23(13-16-3-2-10-26-16)12-15-5-8-21-24(14)15/h2-3,5-6,8-10,14H,4,7,11-13H2,1H3,(H,19,25)/t14-/m0/s1. The highest BCUT2D eigenvalue weighted by molar-refractivity contribution is 5.92.